The number of ether oxygens (including phenoxy) is 1. The highest BCUT2D eigenvalue weighted by molar-refractivity contribution is 6.08. The van der Waals surface area contributed by atoms with E-state index >= 15 is 0 Å². The highest BCUT2D eigenvalue weighted by Crippen LogP contribution is 2.39. The smallest absolute Gasteiger partial charge is 0.327 e. The van der Waals surface area contributed by atoms with Crippen LogP contribution in [-0.4, -0.2) is 94.8 Å². The number of hydrogen-bond donors (Lipinski definition) is 0. The van der Waals surface area contributed by atoms with E-state index in [4.69, 9.17) is 4.74 Å². The average Bonchev–Trinajstić information content (AvgIpc) is 3.01. The summed E-state index contributed by atoms with van der Waals surface area (Å²) in [7, 11) is 1.63. The number of carbonyl (C=O) groups excluding carboxylic acids is 4. The fraction of sp³-hybridized carbons (Fsp3) is 0.600. The van der Waals surface area contributed by atoms with Gasteiger partial charge in [0.15, 0.2) is 6.10 Å². The van der Waals surface area contributed by atoms with Crippen molar-refractivity contribution >= 4 is 23.8 Å². The molecule has 4 rings (SSSR count). The Bertz CT molecular complexity index is 922. The maximum absolute atomic E-state index is 13.0. The van der Waals surface area contributed by atoms with Crippen LogP contribution in [0.4, 0.5) is 4.79 Å². The Labute approximate surface area is 200 Å². The van der Waals surface area contributed by atoms with Crippen molar-refractivity contribution in [2.75, 3.05) is 39.8 Å². The molecule has 1 unspecified atom stereocenters. The molecule has 184 valence electrons. The Hall–Kier alpha value is -2.94. The van der Waals surface area contributed by atoms with Crippen LogP contribution in [-0.2, 0) is 25.7 Å². The van der Waals surface area contributed by atoms with Gasteiger partial charge in [0.25, 0.3) is 11.8 Å². The number of piperazine rings is 1. The van der Waals surface area contributed by atoms with Gasteiger partial charge in [-0.15, -0.1) is 0 Å². The molecule has 2 heterocycles. The lowest BCUT2D eigenvalue weighted by Gasteiger charge is -2.36. The summed E-state index contributed by atoms with van der Waals surface area (Å²) in [6.45, 7) is 4.51. The number of carbonyl (C=O) groups is 4. The van der Waals surface area contributed by atoms with Gasteiger partial charge in [-0.2, -0.15) is 0 Å². The summed E-state index contributed by atoms with van der Waals surface area (Å²) in [5, 5.41) is 0. The highest BCUT2D eigenvalue weighted by atomic mass is 16.5. The highest BCUT2D eigenvalue weighted by Gasteiger charge is 2.56. The summed E-state index contributed by atoms with van der Waals surface area (Å²) < 4.78 is 5.35. The van der Waals surface area contributed by atoms with E-state index in [1.54, 1.807) is 18.9 Å². The molecule has 9 nitrogen and oxygen atoms in total. The van der Waals surface area contributed by atoms with Gasteiger partial charge in [0, 0.05) is 39.8 Å². The van der Waals surface area contributed by atoms with E-state index in [9.17, 15) is 19.2 Å². The molecule has 0 N–H and O–H groups in total. The molecule has 0 aromatic heterocycles. The molecule has 4 amide bonds. The Balaban J connectivity index is 1.26. The zero-order valence-electron chi connectivity index (χ0n) is 20.1. The number of benzene rings is 1. The third-order valence-corrected chi connectivity index (χ3v) is 7.36. The quantitative estimate of drug-likeness (QED) is 0.466. The van der Waals surface area contributed by atoms with E-state index < -0.39 is 30.2 Å². The molecule has 1 aromatic rings. The second-order valence-corrected chi connectivity index (χ2v) is 9.54. The standard InChI is InChI=1S/C25H34N4O5/c1-19(22(31)28-15-13-27(14-16-28)17-20-9-5-3-6-10-20)34-21(30)18-29-23(32)25(26(2)24(29)33)11-7-4-8-12-25/h3,5-6,9-10,19H,4,7-8,11-18H2,1-2H3. The summed E-state index contributed by atoms with van der Waals surface area (Å²) in [5.74, 6) is -1.33. The van der Waals surface area contributed by atoms with Crippen LogP contribution in [0, 0.1) is 0 Å². The Morgan fingerprint density at radius 2 is 1.65 bits per heavy atom. The van der Waals surface area contributed by atoms with Crippen LogP contribution in [0.3, 0.4) is 0 Å². The van der Waals surface area contributed by atoms with Crippen LogP contribution < -0.4 is 0 Å². The second kappa shape index (κ2) is 10.1. The van der Waals surface area contributed by atoms with Gasteiger partial charge in [0.1, 0.15) is 12.1 Å². The van der Waals surface area contributed by atoms with Crippen LogP contribution >= 0.6 is 0 Å². The number of likely N-dealkylation sites (N-methyl/N-ethyl adjacent to an activating group) is 1. The minimum atomic E-state index is -0.970. The molecule has 0 bridgehead atoms. The number of hydrogen-bond acceptors (Lipinski definition) is 6. The minimum Gasteiger partial charge on any atom is -0.451 e. The minimum absolute atomic E-state index is 0.257. The van der Waals surface area contributed by atoms with E-state index in [1.165, 1.54) is 10.5 Å². The molecule has 1 atom stereocenters. The largest absolute Gasteiger partial charge is 0.451 e. The summed E-state index contributed by atoms with van der Waals surface area (Å²) in [4.78, 5) is 57.6. The predicted octanol–water partition coefficient (Wildman–Crippen LogP) is 1.86. The number of amides is 4. The molecule has 1 saturated carbocycles. The molecule has 0 radical (unpaired) electrons. The summed E-state index contributed by atoms with van der Waals surface area (Å²) >= 11 is 0. The van der Waals surface area contributed by atoms with Crippen LogP contribution in [0.15, 0.2) is 30.3 Å². The molecule has 3 aliphatic rings. The first-order valence-electron chi connectivity index (χ1n) is 12.2. The van der Waals surface area contributed by atoms with E-state index in [0.29, 0.717) is 25.9 Å². The van der Waals surface area contributed by atoms with Gasteiger partial charge in [0.2, 0.25) is 0 Å². The van der Waals surface area contributed by atoms with Crippen molar-refractivity contribution in [2.45, 2.75) is 57.2 Å². The Morgan fingerprint density at radius 1 is 1.00 bits per heavy atom. The third kappa shape index (κ3) is 4.80. The summed E-state index contributed by atoms with van der Waals surface area (Å²) in [6.07, 6.45) is 3.06. The first kappa shape index (κ1) is 24.2. The lowest BCUT2D eigenvalue weighted by Crippen LogP contribution is -2.51. The van der Waals surface area contributed by atoms with Crippen LogP contribution in [0.2, 0.25) is 0 Å². The molecular weight excluding hydrogens is 436 g/mol. The molecule has 2 aliphatic heterocycles. The lowest BCUT2D eigenvalue weighted by molar-refractivity contribution is -0.161. The van der Waals surface area contributed by atoms with Crippen molar-refractivity contribution < 1.29 is 23.9 Å². The molecular formula is C25H34N4O5. The van der Waals surface area contributed by atoms with Crippen molar-refractivity contribution in [3.8, 4) is 0 Å². The molecule has 34 heavy (non-hydrogen) atoms. The SMILES string of the molecule is CC(OC(=O)CN1C(=O)N(C)C2(CCCCC2)C1=O)C(=O)N1CCN(Cc2ccccc2)CC1. The fourth-order valence-electron chi connectivity index (χ4n) is 5.31. The zero-order chi connectivity index (χ0) is 24.3. The van der Waals surface area contributed by atoms with E-state index in [2.05, 4.69) is 17.0 Å². The third-order valence-electron chi connectivity index (χ3n) is 7.36. The maximum Gasteiger partial charge on any atom is 0.327 e. The summed E-state index contributed by atoms with van der Waals surface area (Å²) in [6, 6.07) is 9.72. The van der Waals surface area contributed by atoms with E-state index in [-0.39, 0.29) is 11.8 Å². The second-order valence-electron chi connectivity index (χ2n) is 9.54. The first-order valence-corrected chi connectivity index (χ1v) is 12.2. The van der Waals surface area contributed by atoms with Gasteiger partial charge >= 0.3 is 12.0 Å². The van der Waals surface area contributed by atoms with Gasteiger partial charge in [-0.05, 0) is 25.3 Å². The normalized spacial score (nSPS) is 21.8. The lowest BCUT2D eigenvalue weighted by atomic mass is 9.81. The predicted molar refractivity (Wildman–Crippen MR) is 125 cm³/mol. The number of nitrogens with zero attached hydrogens (tertiary/aromatic N) is 4. The number of esters is 1. The molecule has 3 fully saturated rings. The topological polar surface area (TPSA) is 90.5 Å². The van der Waals surface area contributed by atoms with Crippen molar-refractivity contribution in [1.82, 2.24) is 19.6 Å². The van der Waals surface area contributed by atoms with Gasteiger partial charge in [-0.3, -0.25) is 24.2 Å². The number of imide groups is 1. The molecule has 1 spiro atoms. The van der Waals surface area contributed by atoms with Gasteiger partial charge in [-0.25, -0.2) is 4.79 Å². The number of urea groups is 1. The molecule has 1 aromatic carbocycles. The monoisotopic (exact) mass is 470 g/mol. The first-order chi connectivity index (χ1) is 16.3. The van der Waals surface area contributed by atoms with Gasteiger partial charge in [0.05, 0.1) is 0 Å². The Morgan fingerprint density at radius 3 is 2.29 bits per heavy atom. The summed E-state index contributed by atoms with van der Waals surface area (Å²) in [5.41, 5.74) is 0.396. The zero-order valence-corrected chi connectivity index (χ0v) is 20.1. The van der Waals surface area contributed by atoms with E-state index in [0.717, 1.165) is 43.8 Å². The fourth-order valence-corrected chi connectivity index (χ4v) is 5.31. The van der Waals surface area contributed by atoms with Crippen LogP contribution in [0.25, 0.3) is 0 Å². The van der Waals surface area contributed by atoms with Crippen molar-refractivity contribution in [3.63, 3.8) is 0 Å². The van der Waals surface area contributed by atoms with Crippen molar-refractivity contribution in [1.29, 1.82) is 0 Å². The van der Waals surface area contributed by atoms with Crippen LogP contribution in [0.5, 0.6) is 0 Å². The van der Waals surface area contributed by atoms with Crippen molar-refractivity contribution in [3.05, 3.63) is 35.9 Å². The van der Waals surface area contributed by atoms with Crippen molar-refractivity contribution in [2.24, 2.45) is 0 Å². The Kier molecular flexibility index (Phi) is 7.21. The maximum atomic E-state index is 13.0. The average molecular weight is 471 g/mol. The number of rotatable bonds is 6. The molecule has 2 saturated heterocycles. The van der Waals surface area contributed by atoms with Gasteiger partial charge in [-0.1, -0.05) is 49.6 Å². The van der Waals surface area contributed by atoms with E-state index in [1.807, 2.05) is 18.2 Å². The van der Waals surface area contributed by atoms with Gasteiger partial charge < -0.3 is 14.5 Å². The molecule has 1 aliphatic carbocycles. The molecule has 9 heteroatoms. The van der Waals surface area contributed by atoms with Crippen LogP contribution in [0.1, 0.15) is 44.6 Å².